The van der Waals surface area contributed by atoms with Gasteiger partial charge in [-0.2, -0.15) is 0 Å². The second-order valence-electron chi connectivity index (χ2n) is 4.25. The summed E-state index contributed by atoms with van der Waals surface area (Å²) < 4.78 is 0. The van der Waals surface area contributed by atoms with Crippen molar-refractivity contribution in [3.05, 3.63) is 28.8 Å². The molecule has 1 aromatic rings. The summed E-state index contributed by atoms with van der Waals surface area (Å²) in [6.07, 6.45) is 0.120. The van der Waals surface area contributed by atoms with Crippen molar-refractivity contribution in [1.82, 2.24) is 4.90 Å². The molecule has 19 heavy (non-hydrogen) atoms. The summed E-state index contributed by atoms with van der Waals surface area (Å²) in [5.74, 6) is -0.484. The van der Waals surface area contributed by atoms with Crippen LogP contribution in [0.15, 0.2) is 18.2 Å². The number of imide groups is 1. The van der Waals surface area contributed by atoms with E-state index in [0.717, 1.165) is 4.90 Å². The summed E-state index contributed by atoms with van der Waals surface area (Å²) in [6.45, 7) is 0. The molecule has 0 aromatic heterocycles. The van der Waals surface area contributed by atoms with Gasteiger partial charge in [-0.25, -0.2) is 0 Å². The first-order valence-corrected chi connectivity index (χ1v) is 6.35. The van der Waals surface area contributed by atoms with E-state index in [1.54, 1.807) is 18.2 Å². The van der Waals surface area contributed by atoms with Gasteiger partial charge in [0.25, 0.3) is 5.91 Å². The minimum absolute atomic E-state index is 0.120. The van der Waals surface area contributed by atoms with Gasteiger partial charge >= 0.3 is 0 Å². The average molecular weight is 298 g/mol. The number of carbonyl (C=O) groups is 2. The molecule has 1 unspecified atom stereocenters. The molecule has 1 aliphatic rings. The summed E-state index contributed by atoms with van der Waals surface area (Å²) in [7, 11) is 1.46. The van der Waals surface area contributed by atoms with Crippen molar-refractivity contribution in [3.8, 4) is 0 Å². The quantitative estimate of drug-likeness (QED) is 0.646. The second kappa shape index (κ2) is 5.14. The molecule has 5 nitrogen and oxygen atoms in total. The third-order valence-corrected chi connectivity index (χ3v) is 3.41. The molecule has 1 heterocycles. The lowest BCUT2D eigenvalue weighted by Crippen LogP contribution is -2.32. The second-order valence-corrected chi connectivity index (χ2v) is 5.12. The van der Waals surface area contributed by atoms with Crippen LogP contribution in [0, 0.1) is 0 Å². The molecule has 1 fully saturated rings. The van der Waals surface area contributed by atoms with Crippen LogP contribution in [0.4, 0.5) is 5.69 Å². The van der Waals surface area contributed by atoms with E-state index in [2.05, 4.69) is 5.32 Å². The van der Waals surface area contributed by atoms with E-state index in [4.69, 9.17) is 29.6 Å². The average Bonchev–Trinajstić information content (AvgIpc) is 2.59. The number of nitrogens with zero attached hydrogens (tertiary/aromatic N) is 1. The molecule has 1 aromatic carbocycles. The number of benzene rings is 1. The highest BCUT2D eigenvalue weighted by Gasteiger charge is 2.36. The fraction of sp³-hybridized carbons (Fsp3) is 0.250. The van der Waals surface area contributed by atoms with Gasteiger partial charge in [0.2, 0.25) is 5.91 Å². The van der Waals surface area contributed by atoms with E-state index in [1.807, 2.05) is 0 Å². The Kier molecular flexibility index (Phi) is 3.73. The molecule has 1 atom stereocenters. The van der Waals surface area contributed by atoms with Gasteiger partial charge in [0.15, 0.2) is 0 Å². The minimum atomic E-state index is -0.591. The first-order valence-electron chi connectivity index (χ1n) is 5.56. The Labute approximate surface area is 120 Å². The Morgan fingerprint density at radius 1 is 1.53 bits per heavy atom. The van der Waals surface area contributed by atoms with E-state index in [9.17, 15) is 9.59 Å². The van der Waals surface area contributed by atoms with Gasteiger partial charge in [-0.05, 0) is 18.2 Å². The predicted molar refractivity (Wildman–Crippen MR) is 77.1 cm³/mol. The zero-order chi connectivity index (χ0) is 14.2. The molecule has 0 saturated carbocycles. The van der Waals surface area contributed by atoms with Crippen LogP contribution < -0.4 is 11.1 Å². The van der Waals surface area contributed by atoms with Gasteiger partial charge < -0.3 is 11.1 Å². The molecule has 1 saturated heterocycles. The summed E-state index contributed by atoms with van der Waals surface area (Å²) in [5.41, 5.74) is 6.77. The molecule has 7 heteroatoms. The van der Waals surface area contributed by atoms with Crippen molar-refractivity contribution in [2.75, 3.05) is 12.4 Å². The zero-order valence-corrected chi connectivity index (χ0v) is 11.7. The largest absolute Gasteiger partial charge is 0.389 e. The molecule has 100 valence electrons. The van der Waals surface area contributed by atoms with Crippen LogP contribution >= 0.6 is 23.8 Å². The highest BCUT2D eigenvalue weighted by molar-refractivity contribution is 7.80. The normalized spacial score (nSPS) is 18.8. The van der Waals surface area contributed by atoms with Crippen molar-refractivity contribution >= 4 is 46.3 Å². The lowest BCUT2D eigenvalue weighted by molar-refractivity contribution is -0.136. The predicted octanol–water partition coefficient (Wildman–Crippen LogP) is 1.14. The fourth-order valence-corrected chi connectivity index (χ4v) is 2.24. The van der Waals surface area contributed by atoms with Crippen LogP contribution in [0.25, 0.3) is 0 Å². The van der Waals surface area contributed by atoms with Crippen LogP contribution in [0.1, 0.15) is 12.0 Å². The van der Waals surface area contributed by atoms with Crippen LogP contribution in [-0.4, -0.2) is 34.8 Å². The van der Waals surface area contributed by atoms with Crippen LogP contribution in [0.5, 0.6) is 0 Å². The van der Waals surface area contributed by atoms with Gasteiger partial charge in [-0.3, -0.25) is 14.5 Å². The molecule has 2 rings (SSSR count). The highest BCUT2D eigenvalue weighted by Crippen LogP contribution is 2.24. The molecule has 3 N–H and O–H groups in total. The number of thiocarbonyl (C=S) groups is 1. The standard InChI is InChI=1S/C12H12ClN3O2S/c1-16-10(17)5-9(12(16)18)15-8-3-2-6(13)4-7(8)11(14)19/h2-4,9,15H,5H2,1H3,(H2,14,19). The van der Waals surface area contributed by atoms with Gasteiger partial charge in [-0.1, -0.05) is 23.8 Å². The maximum absolute atomic E-state index is 11.8. The summed E-state index contributed by atoms with van der Waals surface area (Å²) in [5, 5.41) is 3.49. The molecule has 0 radical (unpaired) electrons. The number of likely N-dealkylation sites (tertiary alicyclic amines) is 1. The number of halogens is 1. The highest BCUT2D eigenvalue weighted by atomic mass is 35.5. The smallest absolute Gasteiger partial charge is 0.251 e. The van der Waals surface area contributed by atoms with Crippen molar-refractivity contribution in [2.45, 2.75) is 12.5 Å². The zero-order valence-electron chi connectivity index (χ0n) is 10.1. The van der Waals surface area contributed by atoms with E-state index in [1.165, 1.54) is 7.05 Å². The number of nitrogens with two attached hydrogens (primary N) is 1. The van der Waals surface area contributed by atoms with Crippen LogP contribution in [-0.2, 0) is 9.59 Å². The summed E-state index contributed by atoms with van der Waals surface area (Å²) in [6, 6.07) is 4.38. The molecule has 0 bridgehead atoms. The molecular formula is C12H12ClN3O2S. The van der Waals surface area contributed by atoms with E-state index in [0.29, 0.717) is 16.3 Å². The Morgan fingerprint density at radius 2 is 2.21 bits per heavy atom. The number of hydrogen-bond acceptors (Lipinski definition) is 4. The monoisotopic (exact) mass is 297 g/mol. The van der Waals surface area contributed by atoms with E-state index in [-0.39, 0.29) is 23.2 Å². The number of rotatable bonds is 3. The maximum atomic E-state index is 11.8. The number of nitrogens with one attached hydrogen (secondary N) is 1. The van der Waals surface area contributed by atoms with Gasteiger partial charge in [0, 0.05) is 23.3 Å². The molecule has 1 aliphatic heterocycles. The molecule has 0 spiro atoms. The van der Waals surface area contributed by atoms with Gasteiger partial charge in [-0.15, -0.1) is 0 Å². The molecule has 2 amide bonds. The lowest BCUT2D eigenvalue weighted by atomic mass is 10.1. The SMILES string of the molecule is CN1C(=O)CC(Nc2ccc(Cl)cc2C(N)=S)C1=O. The number of anilines is 1. The molecular weight excluding hydrogens is 286 g/mol. The van der Waals surface area contributed by atoms with Crippen LogP contribution in [0.2, 0.25) is 5.02 Å². The first kappa shape index (κ1) is 13.8. The number of likely N-dealkylation sites (N-methyl/N-ethyl adjacent to an activating group) is 1. The Hall–Kier alpha value is -1.66. The number of carbonyl (C=O) groups excluding carboxylic acids is 2. The number of amides is 2. The van der Waals surface area contributed by atoms with Gasteiger partial charge in [0.05, 0.1) is 6.42 Å². The summed E-state index contributed by atoms with van der Waals surface area (Å²) >= 11 is 10.8. The van der Waals surface area contributed by atoms with Crippen molar-refractivity contribution in [1.29, 1.82) is 0 Å². The Bertz CT molecular complexity index is 576. The van der Waals surface area contributed by atoms with Crippen molar-refractivity contribution in [2.24, 2.45) is 5.73 Å². The van der Waals surface area contributed by atoms with E-state index >= 15 is 0 Å². The van der Waals surface area contributed by atoms with Crippen molar-refractivity contribution in [3.63, 3.8) is 0 Å². The minimum Gasteiger partial charge on any atom is -0.389 e. The fourth-order valence-electron chi connectivity index (χ4n) is 1.90. The third kappa shape index (κ3) is 2.69. The number of hydrogen-bond donors (Lipinski definition) is 2. The van der Waals surface area contributed by atoms with Gasteiger partial charge in [0.1, 0.15) is 11.0 Å². The van der Waals surface area contributed by atoms with Crippen LogP contribution in [0.3, 0.4) is 0 Å². The van der Waals surface area contributed by atoms with Crippen molar-refractivity contribution < 1.29 is 9.59 Å². The topological polar surface area (TPSA) is 75.4 Å². The lowest BCUT2D eigenvalue weighted by Gasteiger charge is -2.15. The first-order chi connectivity index (χ1) is 8.90. The molecule has 0 aliphatic carbocycles. The Morgan fingerprint density at radius 3 is 2.74 bits per heavy atom. The van der Waals surface area contributed by atoms with E-state index < -0.39 is 6.04 Å². The maximum Gasteiger partial charge on any atom is 0.251 e. The summed E-state index contributed by atoms with van der Waals surface area (Å²) in [4.78, 5) is 24.6. The third-order valence-electron chi connectivity index (χ3n) is 2.96. The Balaban J connectivity index is 2.27.